The Morgan fingerprint density at radius 3 is 2.79 bits per heavy atom. The quantitative estimate of drug-likeness (QED) is 0.883. The highest BCUT2D eigenvalue weighted by Crippen LogP contribution is 2.21. The molecule has 0 unspecified atom stereocenters. The predicted molar refractivity (Wildman–Crippen MR) is 77.3 cm³/mol. The van der Waals surface area contributed by atoms with Gasteiger partial charge < -0.3 is 5.32 Å². The van der Waals surface area contributed by atoms with Crippen molar-refractivity contribution in [3.8, 4) is 0 Å². The zero-order valence-electron chi connectivity index (χ0n) is 10.1. The first-order valence-electron chi connectivity index (χ1n) is 5.48. The van der Waals surface area contributed by atoms with Gasteiger partial charge in [0, 0.05) is 35.4 Å². The molecule has 0 aliphatic carbocycles. The van der Waals surface area contributed by atoms with Gasteiger partial charge in [-0.05, 0) is 23.8 Å². The van der Waals surface area contributed by atoms with Gasteiger partial charge in [-0.15, -0.1) is 0 Å². The fraction of sp³-hybridized carbons (Fsp3) is 0.0769. The number of hydrogen-bond donors (Lipinski definition) is 1. The molecule has 19 heavy (non-hydrogen) atoms. The number of rotatable bonds is 3. The molecule has 0 aliphatic heterocycles. The Balaban J connectivity index is 2.03. The van der Waals surface area contributed by atoms with E-state index in [-0.39, 0.29) is 5.91 Å². The third kappa shape index (κ3) is 3.84. The minimum Gasteiger partial charge on any atom is -0.306 e. The lowest BCUT2D eigenvalue weighted by molar-refractivity contribution is -0.111. The number of anilines is 1. The average molecular weight is 296 g/mol. The normalized spacial score (nSPS) is 10.9. The summed E-state index contributed by atoms with van der Waals surface area (Å²) < 4.78 is 1.61. The maximum Gasteiger partial charge on any atom is 0.249 e. The number of carbonyl (C=O) groups is 1. The summed E-state index contributed by atoms with van der Waals surface area (Å²) in [4.78, 5) is 11.7. The van der Waals surface area contributed by atoms with E-state index in [4.69, 9.17) is 23.2 Å². The second-order valence-electron chi connectivity index (χ2n) is 3.86. The van der Waals surface area contributed by atoms with Gasteiger partial charge in [0.15, 0.2) is 5.82 Å². The van der Waals surface area contributed by atoms with E-state index in [1.54, 1.807) is 48.3 Å². The number of halogens is 2. The Morgan fingerprint density at radius 1 is 1.37 bits per heavy atom. The summed E-state index contributed by atoms with van der Waals surface area (Å²) in [5.74, 6) is 0.226. The van der Waals surface area contributed by atoms with E-state index in [0.29, 0.717) is 15.9 Å². The number of carbonyl (C=O) groups excluding carboxylic acids is 1. The maximum atomic E-state index is 11.7. The van der Waals surface area contributed by atoms with Crippen LogP contribution in [0.1, 0.15) is 5.56 Å². The van der Waals surface area contributed by atoms with Crippen LogP contribution in [0, 0.1) is 0 Å². The van der Waals surface area contributed by atoms with Crippen LogP contribution in [-0.4, -0.2) is 15.7 Å². The van der Waals surface area contributed by atoms with Crippen LogP contribution in [0.4, 0.5) is 5.82 Å². The molecule has 0 fully saturated rings. The van der Waals surface area contributed by atoms with E-state index in [1.807, 2.05) is 0 Å². The zero-order valence-corrected chi connectivity index (χ0v) is 11.6. The lowest BCUT2D eigenvalue weighted by atomic mass is 10.2. The van der Waals surface area contributed by atoms with E-state index < -0.39 is 0 Å². The van der Waals surface area contributed by atoms with E-state index in [9.17, 15) is 4.79 Å². The maximum absolute atomic E-state index is 11.7. The topological polar surface area (TPSA) is 46.9 Å². The number of amides is 1. The Hall–Kier alpha value is -1.78. The van der Waals surface area contributed by atoms with Crippen LogP contribution in [-0.2, 0) is 11.8 Å². The van der Waals surface area contributed by atoms with Crippen molar-refractivity contribution in [1.29, 1.82) is 0 Å². The van der Waals surface area contributed by atoms with Crippen molar-refractivity contribution >= 4 is 41.0 Å². The molecule has 1 amide bonds. The predicted octanol–water partition coefficient (Wildman–Crippen LogP) is 3.38. The number of benzene rings is 1. The van der Waals surface area contributed by atoms with Crippen LogP contribution < -0.4 is 5.32 Å². The molecule has 0 spiro atoms. The van der Waals surface area contributed by atoms with E-state index >= 15 is 0 Å². The lowest BCUT2D eigenvalue weighted by Crippen LogP contribution is -2.08. The van der Waals surface area contributed by atoms with Gasteiger partial charge in [-0.2, -0.15) is 5.10 Å². The molecule has 1 heterocycles. The standard InChI is InChI=1S/C13H11Cl2N3O/c1-18-7-6-12(17-18)16-13(19)5-3-9-2-4-10(14)8-11(9)15/h2-8H,1H3,(H,16,17,19)/b5-3+. The summed E-state index contributed by atoms with van der Waals surface area (Å²) in [5.41, 5.74) is 0.724. The molecular weight excluding hydrogens is 285 g/mol. The van der Waals surface area contributed by atoms with Crippen molar-refractivity contribution < 1.29 is 4.79 Å². The Morgan fingerprint density at radius 2 is 2.16 bits per heavy atom. The summed E-state index contributed by atoms with van der Waals surface area (Å²) in [6, 6.07) is 6.79. The first-order chi connectivity index (χ1) is 9.04. The Labute approximate surface area is 120 Å². The smallest absolute Gasteiger partial charge is 0.249 e. The van der Waals surface area contributed by atoms with Crippen molar-refractivity contribution in [1.82, 2.24) is 9.78 Å². The molecule has 2 rings (SSSR count). The van der Waals surface area contributed by atoms with Crippen molar-refractivity contribution in [2.75, 3.05) is 5.32 Å². The number of hydrogen-bond acceptors (Lipinski definition) is 2. The lowest BCUT2D eigenvalue weighted by Gasteiger charge is -1.99. The summed E-state index contributed by atoms with van der Waals surface area (Å²) in [6.07, 6.45) is 4.76. The van der Waals surface area contributed by atoms with E-state index in [0.717, 1.165) is 5.56 Å². The van der Waals surface area contributed by atoms with Gasteiger partial charge in [0.05, 0.1) is 0 Å². The molecule has 1 N–H and O–H groups in total. The van der Waals surface area contributed by atoms with Gasteiger partial charge in [-0.3, -0.25) is 9.48 Å². The number of nitrogens with one attached hydrogen (secondary N) is 1. The molecule has 0 bridgehead atoms. The van der Waals surface area contributed by atoms with Gasteiger partial charge in [0.1, 0.15) is 0 Å². The molecule has 0 atom stereocenters. The Bertz CT molecular complexity index is 635. The third-order valence-electron chi connectivity index (χ3n) is 2.34. The monoisotopic (exact) mass is 295 g/mol. The molecule has 0 saturated heterocycles. The van der Waals surface area contributed by atoms with E-state index in [2.05, 4.69) is 10.4 Å². The number of aromatic nitrogens is 2. The minimum absolute atomic E-state index is 0.273. The molecule has 98 valence electrons. The van der Waals surface area contributed by atoms with Gasteiger partial charge in [-0.25, -0.2) is 0 Å². The molecule has 4 nitrogen and oxygen atoms in total. The molecule has 1 aromatic heterocycles. The van der Waals surface area contributed by atoms with Crippen molar-refractivity contribution in [2.24, 2.45) is 7.05 Å². The van der Waals surface area contributed by atoms with Gasteiger partial charge in [-0.1, -0.05) is 29.3 Å². The SMILES string of the molecule is Cn1ccc(NC(=O)/C=C/c2ccc(Cl)cc2Cl)n1. The minimum atomic E-state index is -0.273. The van der Waals surface area contributed by atoms with Crippen LogP contribution in [0.25, 0.3) is 6.08 Å². The van der Waals surface area contributed by atoms with Crippen LogP contribution >= 0.6 is 23.2 Å². The average Bonchev–Trinajstić information content (AvgIpc) is 2.73. The van der Waals surface area contributed by atoms with Crippen molar-refractivity contribution in [3.63, 3.8) is 0 Å². The van der Waals surface area contributed by atoms with Crippen LogP contribution in [0.5, 0.6) is 0 Å². The second kappa shape index (κ2) is 5.91. The number of nitrogens with zero attached hydrogens (tertiary/aromatic N) is 2. The van der Waals surface area contributed by atoms with Gasteiger partial charge in [0.25, 0.3) is 0 Å². The van der Waals surface area contributed by atoms with Gasteiger partial charge >= 0.3 is 0 Å². The summed E-state index contributed by atoms with van der Waals surface area (Å²) >= 11 is 11.8. The molecule has 0 aliphatic rings. The molecular formula is C13H11Cl2N3O. The van der Waals surface area contributed by atoms with Crippen LogP contribution in [0.15, 0.2) is 36.5 Å². The molecule has 2 aromatic rings. The second-order valence-corrected chi connectivity index (χ2v) is 4.71. The summed E-state index contributed by atoms with van der Waals surface area (Å²) in [6.45, 7) is 0. The number of aryl methyl sites for hydroxylation is 1. The largest absolute Gasteiger partial charge is 0.306 e. The fourth-order valence-electron chi connectivity index (χ4n) is 1.45. The zero-order chi connectivity index (χ0) is 13.8. The highest BCUT2D eigenvalue weighted by molar-refractivity contribution is 6.35. The highest BCUT2D eigenvalue weighted by Gasteiger charge is 2.02. The van der Waals surface area contributed by atoms with Crippen molar-refractivity contribution in [3.05, 3.63) is 52.1 Å². The first kappa shape index (κ1) is 13.6. The Kier molecular flexibility index (Phi) is 4.24. The van der Waals surface area contributed by atoms with Crippen LogP contribution in [0.2, 0.25) is 10.0 Å². The van der Waals surface area contributed by atoms with Crippen molar-refractivity contribution in [2.45, 2.75) is 0 Å². The first-order valence-corrected chi connectivity index (χ1v) is 6.24. The molecule has 0 radical (unpaired) electrons. The van der Waals surface area contributed by atoms with E-state index in [1.165, 1.54) is 6.08 Å². The summed E-state index contributed by atoms with van der Waals surface area (Å²) in [7, 11) is 1.78. The highest BCUT2D eigenvalue weighted by atomic mass is 35.5. The third-order valence-corrected chi connectivity index (χ3v) is 2.90. The van der Waals surface area contributed by atoms with Crippen LogP contribution in [0.3, 0.4) is 0 Å². The summed E-state index contributed by atoms with van der Waals surface area (Å²) in [5, 5.41) is 7.73. The molecule has 0 saturated carbocycles. The van der Waals surface area contributed by atoms with Gasteiger partial charge in [0.2, 0.25) is 5.91 Å². The molecule has 1 aromatic carbocycles. The molecule has 6 heteroatoms. The fourth-order valence-corrected chi connectivity index (χ4v) is 1.92.